The fraction of sp³-hybridized carbons (Fsp3) is 0. The summed E-state index contributed by atoms with van der Waals surface area (Å²) in [5.74, 6) is 0. The van der Waals surface area contributed by atoms with Crippen molar-refractivity contribution in [1.82, 2.24) is 0 Å². The first kappa shape index (κ1) is 29.4. The molecule has 26 valence electrons. The molecule has 0 aliphatic carbocycles. The monoisotopic (exact) mass is 400 g/mol. The summed E-state index contributed by atoms with van der Waals surface area (Å²) in [6, 6.07) is 0. The molecule has 0 unspecified atom stereocenters. The third-order valence-corrected chi connectivity index (χ3v) is 0. The van der Waals surface area contributed by atoms with Crippen molar-refractivity contribution in [2.45, 2.75) is 0 Å². The molecule has 0 aromatic heterocycles. The Labute approximate surface area is 246 Å². The van der Waals surface area contributed by atoms with E-state index < -0.39 is 7.32 Å². The number of hydrogen-bond acceptors (Lipinski definition) is 3. The second kappa shape index (κ2) is 23.8. The minimum atomic E-state index is -2.92. The Morgan fingerprint density at radius 1 is 0.750 bits per heavy atom. The molecule has 0 amide bonds. The molecule has 0 bridgehead atoms. The Bertz CT molecular complexity index is 20.5. The summed E-state index contributed by atoms with van der Waals surface area (Å²) in [4.78, 5) is 0. The molecule has 0 aromatic rings. The third-order valence-electron chi connectivity index (χ3n) is 0. The molecule has 0 heterocycles. The van der Waals surface area contributed by atoms with Gasteiger partial charge in [0.05, 0.1) is 0 Å². The Balaban J connectivity index is -0.00000000450. The first-order valence-corrected chi connectivity index (χ1v) is 0.707. The van der Waals surface area contributed by atoms with E-state index in [2.05, 4.69) is 0 Å². The van der Waals surface area contributed by atoms with Gasteiger partial charge in [0, 0.05) is 0 Å². The standard InChI is InChI=1S/BO3.4Rb.H/c2-1(3)4;;;;;/q-3;4*+1;-1. The van der Waals surface area contributed by atoms with Crippen molar-refractivity contribution in [2.24, 2.45) is 0 Å². The fourth-order valence-corrected chi connectivity index (χ4v) is 0. The largest absolute Gasteiger partial charge is 1.00 e. The van der Waals surface area contributed by atoms with Crippen LogP contribution in [-0.4, -0.2) is 7.32 Å². The second-order valence-corrected chi connectivity index (χ2v) is 0.289. The predicted octanol–water partition coefficient (Wildman–Crippen LogP) is -15.8. The van der Waals surface area contributed by atoms with E-state index in [1.165, 1.54) is 0 Å². The zero-order chi connectivity index (χ0) is 3.58. The zero-order valence-electron chi connectivity index (χ0n) is 6.80. The Morgan fingerprint density at radius 2 is 0.750 bits per heavy atom. The van der Waals surface area contributed by atoms with E-state index in [-0.39, 0.29) is 234 Å². The summed E-state index contributed by atoms with van der Waals surface area (Å²) >= 11 is 0. The van der Waals surface area contributed by atoms with Gasteiger partial charge in [0.15, 0.2) is 0 Å². The summed E-state index contributed by atoms with van der Waals surface area (Å²) < 4.78 is 0. The first-order chi connectivity index (χ1) is 1.73. The van der Waals surface area contributed by atoms with Crippen molar-refractivity contribution >= 4 is 7.32 Å². The molecule has 0 aliphatic heterocycles. The Hall–Kier alpha value is 7.17. The van der Waals surface area contributed by atoms with Crippen molar-refractivity contribution in [3.8, 4) is 0 Å². The topological polar surface area (TPSA) is 69.2 Å². The van der Waals surface area contributed by atoms with Gasteiger partial charge >= 0.3 is 233 Å². The molecule has 8 heteroatoms. The molecule has 0 aliphatic rings. The minimum Gasteiger partial charge on any atom is -1.00 e. The van der Waals surface area contributed by atoms with Gasteiger partial charge in [-0.15, -0.1) is 0 Å². The molecule has 0 saturated heterocycles. The van der Waals surface area contributed by atoms with Crippen LogP contribution in [0.1, 0.15) is 1.43 Å². The van der Waals surface area contributed by atoms with Gasteiger partial charge in [-0.2, -0.15) is 0 Å². The van der Waals surface area contributed by atoms with Crippen LogP contribution in [0.4, 0.5) is 0 Å². The van der Waals surface area contributed by atoms with Gasteiger partial charge in [-0.25, -0.2) is 0 Å². The molecule has 3 nitrogen and oxygen atoms in total. The number of hydrogen-bond donors (Lipinski definition) is 0. The van der Waals surface area contributed by atoms with Crippen molar-refractivity contribution in [3.05, 3.63) is 0 Å². The van der Waals surface area contributed by atoms with Gasteiger partial charge in [0.1, 0.15) is 0 Å². The maximum Gasteiger partial charge on any atom is 1.00 e. The normalized spacial score (nSPS) is 3.38. The van der Waals surface area contributed by atoms with E-state index in [1.54, 1.807) is 0 Å². The molecular weight excluding hydrogens is 401 g/mol. The van der Waals surface area contributed by atoms with E-state index in [4.69, 9.17) is 15.1 Å². The van der Waals surface area contributed by atoms with Gasteiger partial charge < -0.3 is 16.5 Å². The summed E-state index contributed by atoms with van der Waals surface area (Å²) in [7, 11) is -2.92. The van der Waals surface area contributed by atoms with E-state index in [0.717, 1.165) is 0 Å². The van der Waals surface area contributed by atoms with Crippen molar-refractivity contribution in [1.29, 1.82) is 0 Å². The van der Waals surface area contributed by atoms with Crippen LogP contribution in [-0.2, 0) is 0 Å². The van der Waals surface area contributed by atoms with E-state index in [0.29, 0.717) is 0 Å². The molecule has 0 spiro atoms. The van der Waals surface area contributed by atoms with Crippen LogP contribution in [0.25, 0.3) is 0 Å². The SMILES string of the molecule is [H-].[O-]B([O-])[O-].[Rb+].[Rb+].[Rb+].[Rb+]. The molecule has 0 N–H and O–H groups in total. The first-order valence-electron chi connectivity index (χ1n) is 0.707. The number of rotatable bonds is 0. The zero-order valence-corrected chi connectivity index (χ0v) is 25.5. The van der Waals surface area contributed by atoms with Crippen LogP contribution in [0.5, 0.6) is 0 Å². The maximum atomic E-state index is 8.42. The Kier molecular flexibility index (Phi) is 87.5. The van der Waals surface area contributed by atoms with Crippen LogP contribution in [0.3, 0.4) is 0 Å². The quantitative estimate of drug-likeness (QED) is 0.379. The van der Waals surface area contributed by atoms with Crippen molar-refractivity contribution in [2.75, 3.05) is 0 Å². The maximum absolute atomic E-state index is 8.42. The molecule has 0 radical (unpaired) electrons. The summed E-state index contributed by atoms with van der Waals surface area (Å²) in [6.07, 6.45) is 0. The van der Waals surface area contributed by atoms with Gasteiger partial charge in [-0.1, -0.05) is 0 Å². The molecule has 0 rings (SSSR count). The van der Waals surface area contributed by atoms with Crippen LogP contribution >= 0.6 is 0 Å². The summed E-state index contributed by atoms with van der Waals surface area (Å²) in [6.45, 7) is 0. The predicted molar refractivity (Wildman–Crippen MR) is 6.87 cm³/mol. The average Bonchev–Trinajstić information content (AvgIpc) is 0.811. The van der Waals surface area contributed by atoms with Gasteiger partial charge in [0.2, 0.25) is 0 Å². The average molecular weight is 402 g/mol. The van der Waals surface area contributed by atoms with Gasteiger partial charge in [-0.3, -0.25) is 7.32 Å². The van der Waals surface area contributed by atoms with Crippen molar-refractivity contribution < 1.29 is 249 Å². The second-order valence-electron chi connectivity index (χ2n) is 0.289. The molecule has 0 aromatic carbocycles. The van der Waals surface area contributed by atoms with E-state index in [9.17, 15) is 0 Å². The Morgan fingerprint density at radius 3 is 0.750 bits per heavy atom. The molecule has 0 saturated carbocycles. The third kappa shape index (κ3) is 37.9. The fourth-order valence-electron chi connectivity index (χ4n) is 0. The molecule has 0 fully saturated rings. The van der Waals surface area contributed by atoms with Crippen LogP contribution in [0.15, 0.2) is 0 Å². The van der Waals surface area contributed by atoms with E-state index >= 15 is 0 Å². The van der Waals surface area contributed by atoms with Crippen molar-refractivity contribution in [3.63, 3.8) is 0 Å². The van der Waals surface area contributed by atoms with Gasteiger partial charge in [0.25, 0.3) is 0 Å². The molecular formula is HBO3Rb4. The molecule has 8 heavy (non-hydrogen) atoms. The van der Waals surface area contributed by atoms with Crippen LogP contribution in [0, 0.1) is 0 Å². The van der Waals surface area contributed by atoms with E-state index in [1.807, 2.05) is 0 Å². The smallest absolute Gasteiger partial charge is 1.00 e. The minimum absolute atomic E-state index is 0. The van der Waals surface area contributed by atoms with Crippen LogP contribution < -0.4 is 248 Å². The summed E-state index contributed by atoms with van der Waals surface area (Å²) in [5, 5.41) is 25.2. The van der Waals surface area contributed by atoms with Crippen LogP contribution in [0.2, 0.25) is 0 Å². The molecule has 0 atom stereocenters. The van der Waals surface area contributed by atoms with Gasteiger partial charge in [-0.05, 0) is 0 Å². The summed E-state index contributed by atoms with van der Waals surface area (Å²) in [5.41, 5.74) is 0.